The fraction of sp³-hybridized carbons (Fsp3) is 0.306. The maximum Gasteiger partial charge on any atom is 0.415 e. The number of rotatable bonds is 14. The van der Waals surface area contributed by atoms with E-state index < -0.39 is 47.9 Å². The number of carbonyl (C=O) groups excluding carboxylic acids is 4. The molecule has 1 saturated carbocycles. The molecule has 1 aromatic heterocycles. The van der Waals surface area contributed by atoms with E-state index in [9.17, 15) is 29.1 Å². The van der Waals surface area contributed by atoms with E-state index in [0.29, 0.717) is 29.5 Å². The number of aromatic carboxylic acids is 1. The number of carboxylic acid groups (broad SMARTS) is 1. The Morgan fingerprint density at radius 2 is 1.71 bits per heavy atom. The number of amidine groups is 1. The van der Waals surface area contributed by atoms with Crippen molar-refractivity contribution < 1.29 is 43.3 Å². The summed E-state index contributed by atoms with van der Waals surface area (Å²) in [5.74, 6) is -3.04. The number of esters is 1. The third kappa shape index (κ3) is 9.76. The molecule has 2 aromatic carbocycles. The first-order valence-electron chi connectivity index (χ1n) is 16.0. The van der Waals surface area contributed by atoms with Gasteiger partial charge in [-0.05, 0) is 73.2 Å². The van der Waals surface area contributed by atoms with Crippen LogP contribution in [0.25, 0.3) is 17.2 Å². The van der Waals surface area contributed by atoms with E-state index in [-0.39, 0.29) is 39.7 Å². The van der Waals surface area contributed by atoms with Gasteiger partial charge in [-0.15, -0.1) is 0 Å². The van der Waals surface area contributed by atoms with Gasteiger partial charge in [0.2, 0.25) is 6.29 Å². The first kappa shape index (κ1) is 37.7. The number of amides is 3. The van der Waals surface area contributed by atoms with Crippen LogP contribution < -0.4 is 26.4 Å². The number of carboxylic acids is 1. The van der Waals surface area contributed by atoms with Crippen molar-refractivity contribution >= 4 is 47.4 Å². The van der Waals surface area contributed by atoms with Crippen LogP contribution in [0.4, 0.5) is 10.5 Å². The number of aromatic nitrogens is 1. The van der Waals surface area contributed by atoms with E-state index in [2.05, 4.69) is 27.5 Å². The number of benzene rings is 2. The Hall–Kier alpha value is -6.09. The standard InChI is InChI=1S/C36H40N6O9/c1-6-21-15-26(25(16-28(21)49-5)24-13-14-27(41-30(24)34(45)46)33(44)39-17-20-7-8-20)32(43)40-23-11-9-22(10-12-23)31(38)42-36(48)51-19(4)50-35(47)29(37)18(2)3/h6,9-16,18-20,29H,1,7-8,17,37H2,2-5H3,(H,39,44)(H,40,43)(H,45,46)(H2,38,42,48)/t19?,29-/m0/s1. The molecular weight excluding hydrogens is 660 g/mol. The van der Waals surface area contributed by atoms with Gasteiger partial charge in [-0.25, -0.2) is 14.6 Å². The van der Waals surface area contributed by atoms with Gasteiger partial charge >= 0.3 is 18.0 Å². The summed E-state index contributed by atoms with van der Waals surface area (Å²) in [6.45, 7) is 9.07. The lowest BCUT2D eigenvalue weighted by Gasteiger charge is -2.19. The quantitative estimate of drug-likeness (QED) is 0.0596. The molecule has 1 unspecified atom stereocenters. The van der Waals surface area contributed by atoms with Gasteiger partial charge in [-0.2, -0.15) is 0 Å². The number of ether oxygens (including phenoxy) is 3. The summed E-state index contributed by atoms with van der Waals surface area (Å²) in [4.78, 5) is 67.2. The Balaban J connectivity index is 1.51. The molecule has 7 N–H and O–H groups in total. The van der Waals surface area contributed by atoms with Gasteiger partial charge in [-0.1, -0.05) is 26.5 Å². The zero-order valence-electron chi connectivity index (χ0n) is 28.6. The predicted molar refractivity (Wildman–Crippen MR) is 188 cm³/mol. The number of hydrogen-bond donors (Lipinski definition) is 6. The van der Waals surface area contributed by atoms with Crippen molar-refractivity contribution in [2.24, 2.45) is 17.6 Å². The second-order valence-corrected chi connectivity index (χ2v) is 12.1. The van der Waals surface area contributed by atoms with Gasteiger partial charge in [-0.3, -0.25) is 25.1 Å². The van der Waals surface area contributed by atoms with Crippen molar-refractivity contribution in [3.8, 4) is 16.9 Å². The molecule has 0 saturated heterocycles. The molecule has 0 radical (unpaired) electrons. The maximum atomic E-state index is 13.7. The fourth-order valence-corrected chi connectivity index (χ4v) is 4.77. The molecule has 0 aliphatic heterocycles. The lowest BCUT2D eigenvalue weighted by atomic mass is 9.94. The number of alkyl carbamates (subject to hydrolysis) is 1. The van der Waals surface area contributed by atoms with E-state index in [1.165, 1.54) is 68.6 Å². The zero-order valence-corrected chi connectivity index (χ0v) is 28.6. The molecule has 0 bridgehead atoms. The van der Waals surface area contributed by atoms with Crippen LogP contribution in [0.3, 0.4) is 0 Å². The van der Waals surface area contributed by atoms with Gasteiger partial charge < -0.3 is 35.7 Å². The van der Waals surface area contributed by atoms with Crippen LogP contribution in [0, 0.1) is 17.2 Å². The number of methoxy groups -OCH3 is 1. The van der Waals surface area contributed by atoms with Crippen molar-refractivity contribution in [1.29, 1.82) is 5.41 Å². The van der Waals surface area contributed by atoms with Crippen molar-refractivity contribution in [3.63, 3.8) is 0 Å². The molecule has 1 aliphatic rings. The highest BCUT2D eigenvalue weighted by Gasteiger charge is 2.26. The van der Waals surface area contributed by atoms with Crippen LogP contribution in [0.5, 0.6) is 5.75 Å². The van der Waals surface area contributed by atoms with E-state index in [1.807, 2.05) is 0 Å². The summed E-state index contributed by atoms with van der Waals surface area (Å²) in [6, 6.07) is 10.8. The van der Waals surface area contributed by atoms with Gasteiger partial charge in [0.25, 0.3) is 11.8 Å². The van der Waals surface area contributed by atoms with E-state index >= 15 is 0 Å². The molecule has 15 nitrogen and oxygen atoms in total. The third-order valence-corrected chi connectivity index (χ3v) is 7.91. The first-order chi connectivity index (χ1) is 24.2. The maximum absolute atomic E-state index is 13.7. The fourth-order valence-electron chi connectivity index (χ4n) is 4.77. The Bertz CT molecular complexity index is 1850. The first-order valence-corrected chi connectivity index (χ1v) is 16.0. The Morgan fingerprint density at radius 3 is 2.29 bits per heavy atom. The number of carbonyl (C=O) groups is 5. The van der Waals surface area contributed by atoms with Gasteiger partial charge in [0.15, 0.2) is 5.69 Å². The molecule has 2 atom stereocenters. The Kier molecular flexibility index (Phi) is 12.2. The van der Waals surface area contributed by atoms with Crippen LogP contribution in [-0.2, 0) is 14.3 Å². The van der Waals surface area contributed by atoms with Crippen molar-refractivity contribution in [1.82, 2.24) is 15.6 Å². The number of pyridine rings is 1. The third-order valence-electron chi connectivity index (χ3n) is 7.91. The second-order valence-electron chi connectivity index (χ2n) is 12.1. The van der Waals surface area contributed by atoms with E-state index in [1.54, 1.807) is 13.8 Å². The van der Waals surface area contributed by atoms with Crippen LogP contribution in [-0.4, -0.2) is 71.8 Å². The summed E-state index contributed by atoms with van der Waals surface area (Å²) in [5.41, 5.74) is 6.58. The molecule has 3 aromatic rings. The van der Waals surface area contributed by atoms with Crippen molar-refractivity contribution in [2.75, 3.05) is 19.0 Å². The smallest absolute Gasteiger partial charge is 0.415 e. The van der Waals surface area contributed by atoms with Crippen LogP contribution in [0.2, 0.25) is 0 Å². The highest BCUT2D eigenvalue weighted by atomic mass is 16.7. The highest BCUT2D eigenvalue weighted by molar-refractivity contribution is 6.11. The second kappa shape index (κ2) is 16.5. The van der Waals surface area contributed by atoms with Gasteiger partial charge in [0.1, 0.15) is 23.3 Å². The van der Waals surface area contributed by atoms with Gasteiger partial charge in [0, 0.05) is 47.0 Å². The molecule has 1 aliphatic carbocycles. The topological polar surface area (TPSA) is 232 Å². The van der Waals surface area contributed by atoms with E-state index in [4.69, 9.17) is 25.4 Å². The van der Waals surface area contributed by atoms with Crippen molar-refractivity contribution in [2.45, 2.75) is 45.9 Å². The zero-order chi connectivity index (χ0) is 37.4. The molecule has 1 fully saturated rings. The van der Waals surface area contributed by atoms with Crippen LogP contribution in [0.1, 0.15) is 76.1 Å². The molecule has 4 rings (SSSR count). The summed E-state index contributed by atoms with van der Waals surface area (Å²) >= 11 is 0. The average molecular weight is 701 g/mol. The molecule has 3 amide bonds. The SMILES string of the molecule is C=Cc1cc(C(=O)Nc2ccc(C(=N)NC(=O)OC(C)OC(=O)[C@@H](N)C(C)C)cc2)c(-c2ccc(C(=O)NCC3CC3)nc2C(=O)O)cc1OC. The molecule has 15 heteroatoms. The minimum Gasteiger partial charge on any atom is -0.496 e. The number of nitrogens with two attached hydrogens (primary N) is 1. The van der Waals surface area contributed by atoms with Crippen molar-refractivity contribution in [3.05, 3.63) is 83.2 Å². The average Bonchev–Trinajstić information content (AvgIpc) is 3.94. The lowest BCUT2D eigenvalue weighted by molar-refractivity contribution is -0.167. The summed E-state index contributed by atoms with van der Waals surface area (Å²) < 4.78 is 15.5. The number of anilines is 1. The normalized spacial score (nSPS) is 13.3. The van der Waals surface area contributed by atoms with Gasteiger partial charge in [0.05, 0.1) is 7.11 Å². The molecule has 51 heavy (non-hydrogen) atoms. The highest BCUT2D eigenvalue weighted by Crippen LogP contribution is 2.34. The largest absolute Gasteiger partial charge is 0.496 e. The number of hydrogen-bond acceptors (Lipinski definition) is 11. The lowest BCUT2D eigenvalue weighted by Crippen LogP contribution is -2.40. The van der Waals surface area contributed by atoms with E-state index in [0.717, 1.165) is 12.8 Å². The number of nitrogens with one attached hydrogen (secondary N) is 4. The minimum atomic E-state index is -1.40. The van der Waals surface area contributed by atoms with Crippen LogP contribution >= 0.6 is 0 Å². The number of nitrogens with zero attached hydrogens (tertiary/aromatic N) is 1. The van der Waals surface area contributed by atoms with Crippen LogP contribution in [0.15, 0.2) is 55.1 Å². The Morgan fingerprint density at radius 1 is 1.02 bits per heavy atom. The molecule has 1 heterocycles. The monoisotopic (exact) mass is 700 g/mol. The molecule has 0 spiro atoms. The summed E-state index contributed by atoms with van der Waals surface area (Å²) in [6.07, 6.45) is 1.24. The molecular formula is C36H40N6O9. The summed E-state index contributed by atoms with van der Waals surface area (Å²) in [5, 5.41) is 26.1. The Labute approximate surface area is 294 Å². The predicted octanol–water partition coefficient (Wildman–Crippen LogP) is 4.41. The summed E-state index contributed by atoms with van der Waals surface area (Å²) in [7, 11) is 1.42. The molecule has 268 valence electrons. The minimum absolute atomic E-state index is 0.0614.